The molecule has 3 rings (SSSR count). The predicted molar refractivity (Wildman–Crippen MR) is 64.8 cm³/mol. The maximum Gasteiger partial charge on any atom is 0.223 e. The second kappa shape index (κ2) is 4.20. The largest absolute Gasteiger partial charge is 0.378 e. The topological polar surface area (TPSA) is 51.0 Å². The highest BCUT2D eigenvalue weighted by Crippen LogP contribution is 2.24. The highest BCUT2D eigenvalue weighted by atomic mass is 16.5. The maximum absolute atomic E-state index is 4.93. The maximum atomic E-state index is 4.93. The molecule has 0 saturated heterocycles. The van der Waals surface area contributed by atoms with Gasteiger partial charge in [0.2, 0.25) is 5.89 Å². The quantitative estimate of drug-likeness (QED) is 0.878. The number of aryl methyl sites for hydroxylation is 3. The fourth-order valence-electron chi connectivity index (χ4n) is 2.28. The lowest BCUT2D eigenvalue weighted by atomic mass is 10.1. The van der Waals surface area contributed by atoms with Crippen molar-refractivity contribution in [2.24, 2.45) is 0 Å². The minimum Gasteiger partial charge on any atom is -0.378 e. The van der Waals surface area contributed by atoms with E-state index in [9.17, 15) is 0 Å². The molecule has 88 valence electrons. The van der Waals surface area contributed by atoms with Gasteiger partial charge in [-0.2, -0.15) is 4.98 Å². The molecule has 0 bridgehead atoms. The lowest BCUT2D eigenvalue weighted by molar-refractivity contribution is 0.388. The number of anilines is 1. The monoisotopic (exact) mass is 229 g/mol. The Labute approximate surface area is 100 Å². The number of benzene rings is 1. The molecule has 1 aliphatic carbocycles. The minimum absolute atomic E-state index is 0.607. The van der Waals surface area contributed by atoms with Gasteiger partial charge in [-0.25, -0.2) is 0 Å². The van der Waals surface area contributed by atoms with Crippen LogP contribution in [0.15, 0.2) is 22.7 Å². The molecule has 17 heavy (non-hydrogen) atoms. The second-order valence-electron chi connectivity index (χ2n) is 4.42. The van der Waals surface area contributed by atoms with Crippen molar-refractivity contribution in [1.29, 1.82) is 0 Å². The number of nitrogens with one attached hydrogen (secondary N) is 1. The van der Waals surface area contributed by atoms with Crippen molar-refractivity contribution in [2.45, 2.75) is 32.7 Å². The summed E-state index contributed by atoms with van der Waals surface area (Å²) >= 11 is 0. The SMILES string of the molecule is Cc1nc(CNc2ccc3c(c2)CCC3)no1. The third kappa shape index (κ3) is 2.16. The van der Waals surface area contributed by atoms with E-state index in [1.165, 1.54) is 30.4 Å². The van der Waals surface area contributed by atoms with Gasteiger partial charge in [0.05, 0.1) is 6.54 Å². The molecule has 2 aromatic rings. The second-order valence-corrected chi connectivity index (χ2v) is 4.42. The summed E-state index contributed by atoms with van der Waals surface area (Å²) in [4.78, 5) is 4.16. The van der Waals surface area contributed by atoms with E-state index in [1.807, 2.05) is 0 Å². The normalized spacial score (nSPS) is 13.7. The summed E-state index contributed by atoms with van der Waals surface area (Å²) in [5.74, 6) is 1.30. The van der Waals surface area contributed by atoms with E-state index in [0.717, 1.165) is 5.69 Å². The minimum atomic E-state index is 0.607. The van der Waals surface area contributed by atoms with Crippen molar-refractivity contribution < 1.29 is 4.52 Å². The molecule has 0 unspecified atom stereocenters. The molecule has 0 fully saturated rings. The van der Waals surface area contributed by atoms with Crippen LogP contribution in [-0.2, 0) is 19.4 Å². The first-order chi connectivity index (χ1) is 8.31. The molecule has 1 aromatic heterocycles. The molecule has 1 aliphatic rings. The van der Waals surface area contributed by atoms with Gasteiger partial charge >= 0.3 is 0 Å². The molecule has 1 aromatic carbocycles. The van der Waals surface area contributed by atoms with Crippen molar-refractivity contribution in [2.75, 3.05) is 5.32 Å². The summed E-state index contributed by atoms with van der Waals surface area (Å²) in [5, 5.41) is 7.17. The van der Waals surface area contributed by atoms with Crippen LogP contribution in [0.1, 0.15) is 29.3 Å². The van der Waals surface area contributed by atoms with Crippen LogP contribution in [0, 0.1) is 6.92 Å². The molecular formula is C13H15N3O. The molecule has 0 atom stereocenters. The van der Waals surface area contributed by atoms with E-state index in [0.29, 0.717) is 18.3 Å². The fourth-order valence-corrected chi connectivity index (χ4v) is 2.28. The van der Waals surface area contributed by atoms with Gasteiger partial charge in [-0.3, -0.25) is 0 Å². The van der Waals surface area contributed by atoms with Gasteiger partial charge in [0, 0.05) is 12.6 Å². The van der Waals surface area contributed by atoms with Crippen molar-refractivity contribution in [1.82, 2.24) is 10.1 Å². The lowest BCUT2D eigenvalue weighted by Crippen LogP contribution is -2.01. The number of aromatic nitrogens is 2. The van der Waals surface area contributed by atoms with Crippen molar-refractivity contribution >= 4 is 5.69 Å². The highest BCUT2D eigenvalue weighted by Gasteiger charge is 2.10. The molecule has 0 amide bonds. The van der Waals surface area contributed by atoms with E-state index < -0.39 is 0 Å². The van der Waals surface area contributed by atoms with Crippen molar-refractivity contribution in [3.8, 4) is 0 Å². The van der Waals surface area contributed by atoms with Gasteiger partial charge in [-0.15, -0.1) is 0 Å². The smallest absolute Gasteiger partial charge is 0.223 e. The Hall–Kier alpha value is -1.84. The molecule has 0 spiro atoms. The zero-order valence-electron chi connectivity index (χ0n) is 9.86. The van der Waals surface area contributed by atoms with E-state index in [2.05, 4.69) is 33.7 Å². The number of hydrogen-bond acceptors (Lipinski definition) is 4. The van der Waals surface area contributed by atoms with Gasteiger partial charge < -0.3 is 9.84 Å². The van der Waals surface area contributed by atoms with Crippen LogP contribution in [0.25, 0.3) is 0 Å². The fraction of sp³-hybridized carbons (Fsp3) is 0.385. The molecule has 0 aliphatic heterocycles. The van der Waals surface area contributed by atoms with Crippen LogP contribution in [0.2, 0.25) is 0 Å². The summed E-state index contributed by atoms with van der Waals surface area (Å²) in [7, 11) is 0. The van der Waals surface area contributed by atoms with Crippen LogP contribution in [0.5, 0.6) is 0 Å². The Morgan fingerprint density at radius 3 is 3.00 bits per heavy atom. The highest BCUT2D eigenvalue weighted by molar-refractivity contribution is 5.50. The first-order valence-electron chi connectivity index (χ1n) is 5.96. The van der Waals surface area contributed by atoms with Gasteiger partial charge in [-0.05, 0) is 42.5 Å². The van der Waals surface area contributed by atoms with Gasteiger partial charge in [0.1, 0.15) is 0 Å². The van der Waals surface area contributed by atoms with Crippen LogP contribution in [0.3, 0.4) is 0 Å². The van der Waals surface area contributed by atoms with E-state index in [1.54, 1.807) is 6.92 Å². The third-order valence-electron chi connectivity index (χ3n) is 3.12. The van der Waals surface area contributed by atoms with Crippen molar-refractivity contribution in [3.63, 3.8) is 0 Å². The molecule has 0 saturated carbocycles. The number of nitrogens with zero attached hydrogens (tertiary/aromatic N) is 2. The van der Waals surface area contributed by atoms with Crippen LogP contribution < -0.4 is 5.32 Å². The summed E-state index contributed by atoms with van der Waals surface area (Å²) < 4.78 is 4.93. The molecule has 4 nitrogen and oxygen atoms in total. The Kier molecular flexibility index (Phi) is 2.55. The zero-order chi connectivity index (χ0) is 11.7. The van der Waals surface area contributed by atoms with Crippen LogP contribution in [-0.4, -0.2) is 10.1 Å². The van der Waals surface area contributed by atoms with Gasteiger partial charge in [0.25, 0.3) is 0 Å². The van der Waals surface area contributed by atoms with E-state index >= 15 is 0 Å². The predicted octanol–water partition coefficient (Wildman–Crippen LogP) is 2.48. The Bertz CT molecular complexity index is 533. The average Bonchev–Trinajstić information content (AvgIpc) is 2.94. The summed E-state index contributed by atoms with van der Waals surface area (Å²) in [6.07, 6.45) is 3.70. The number of hydrogen-bond donors (Lipinski definition) is 1. The summed E-state index contributed by atoms with van der Waals surface area (Å²) in [5.41, 5.74) is 4.10. The van der Waals surface area contributed by atoms with E-state index in [-0.39, 0.29) is 0 Å². The van der Waals surface area contributed by atoms with Crippen molar-refractivity contribution in [3.05, 3.63) is 41.0 Å². The Balaban J connectivity index is 1.69. The number of fused-ring (bicyclic) bond motifs is 1. The van der Waals surface area contributed by atoms with Crippen LogP contribution >= 0.6 is 0 Å². The van der Waals surface area contributed by atoms with Crippen LogP contribution in [0.4, 0.5) is 5.69 Å². The molecule has 0 radical (unpaired) electrons. The molecular weight excluding hydrogens is 214 g/mol. The Morgan fingerprint density at radius 1 is 1.29 bits per heavy atom. The average molecular weight is 229 g/mol. The first kappa shape index (κ1) is 10.3. The first-order valence-corrected chi connectivity index (χ1v) is 5.96. The molecule has 4 heteroatoms. The molecule has 1 N–H and O–H groups in total. The number of rotatable bonds is 3. The lowest BCUT2D eigenvalue weighted by Gasteiger charge is -2.06. The third-order valence-corrected chi connectivity index (χ3v) is 3.12. The van der Waals surface area contributed by atoms with Gasteiger partial charge in [0.15, 0.2) is 5.82 Å². The standard InChI is InChI=1S/C13H15N3O/c1-9-15-13(16-17-9)8-14-12-6-5-10-3-2-4-11(10)7-12/h5-7,14H,2-4,8H2,1H3. The zero-order valence-corrected chi connectivity index (χ0v) is 9.86. The van der Waals surface area contributed by atoms with Gasteiger partial charge in [-0.1, -0.05) is 11.2 Å². The summed E-state index contributed by atoms with van der Waals surface area (Å²) in [6.45, 7) is 2.40. The van der Waals surface area contributed by atoms with E-state index in [4.69, 9.17) is 4.52 Å². The Morgan fingerprint density at radius 2 is 2.18 bits per heavy atom. The summed E-state index contributed by atoms with van der Waals surface area (Å²) in [6, 6.07) is 6.57. The molecule has 1 heterocycles.